The van der Waals surface area contributed by atoms with Gasteiger partial charge in [0.2, 0.25) is 5.90 Å². The number of hydrogen-bond acceptors (Lipinski definition) is 5. The van der Waals surface area contributed by atoms with Crippen LogP contribution in [0.3, 0.4) is 0 Å². The Morgan fingerprint density at radius 1 is 1.18 bits per heavy atom. The lowest BCUT2D eigenvalue weighted by atomic mass is 10.1. The van der Waals surface area contributed by atoms with Gasteiger partial charge in [-0.3, -0.25) is 4.79 Å². The molecule has 174 valence electrons. The summed E-state index contributed by atoms with van der Waals surface area (Å²) >= 11 is 3.46. The first-order valence-electron chi connectivity index (χ1n) is 10.6. The van der Waals surface area contributed by atoms with Crippen LogP contribution in [0.15, 0.2) is 58.1 Å². The number of hydrogen-bond donors (Lipinski definition) is 0. The molecule has 2 heterocycles. The highest BCUT2D eigenvalue weighted by Crippen LogP contribution is 2.23. The van der Waals surface area contributed by atoms with Crippen LogP contribution in [-0.2, 0) is 22.6 Å². The fraction of sp³-hybridized carbons (Fsp3) is 0.333. The molecule has 1 atom stereocenters. The van der Waals surface area contributed by atoms with E-state index in [0.29, 0.717) is 48.8 Å². The predicted molar refractivity (Wildman–Crippen MR) is 124 cm³/mol. The maximum Gasteiger partial charge on any atom is 0.254 e. The van der Waals surface area contributed by atoms with Crippen LogP contribution < -0.4 is 0 Å². The second-order valence-corrected chi connectivity index (χ2v) is 8.70. The maximum atomic E-state index is 13.8. The van der Waals surface area contributed by atoms with Gasteiger partial charge in [-0.2, -0.15) is 0 Å². The Morgan fingerprint density at radius 2 is 1.91 bits per heavy atom. The topological polar surface area (TPSA) is 54.4 Å². The molecule has 0 saturated carbocycles. The van der Waals surface area contributed by atoms with E-state index in [1.807, 2.05) is 42.3 Å². The highest BCUT2D eigenvalue weighted by atomic mass is 79.9. The quantitative estimate of drug-likeness (QED) is 0.585. The first kappa shape index (κ1) is 23.4. The molecule has 0 spiro atoms. The molecule has 2 aliphatic heterocycles. The first-order valence-corrected chi connectivity index (χ1v) is 11.4. The highest BCUT2D eigenvalue weighted by molar-refractivity contribution is 9.12. The molecular weight excluding hydrogens is 496 g/mol. The van der Waals surface area contributed by atoms with Crippen LogP contribution in [0.5, 0.6) is 0 Å². The van der Waals surface area contributed by atoms with Gasteiger partial charge in [0.1, 0.15) is 24.4 Å². The Bertz CT molecular complexity index is 1070. The molecule has 0 radical (unpaired) electrons. The predicted octanol–water partition coefficient (Wildman–Crippen LogP) is 4.45. The van der Waals surface area contributed by atoms with Gasteiger partial charge in [-0.1, -0.05) is 12.1 Å². The van der Waals surface area contributed by atoms with E-state index in [-0.39, 0.29) is 24.2 Å². The summed E-state index contributed by atoms with van der Waals surface area (Å²) in [6.07, 6.45) is 1.66. The molecule has 2 aromatic carbocycles. The third kappa shape index (κ3) is 5.78. The summed E-state index contributed by atoms with van der Waals surface area (Å²) in [6, 6.07) is 10.9. The van der Waals surface area contributed by atoms with Crippen molar-refractivity contribution in [2.45, 2.75) is 26.2 Å². The molecule has 2 aliphatic rings. The molecule has 2 aromatic rings. The number of carbonyl (C=O) groups excluding carboxylic acids is 1. The smallest absolute Gasteiger partial charge is 0.254 e. The van der Waals surface area contributed by atoms with E-state index in [0.717, 1.165) is 11.6 Å². The summed E-state index contributed by atoms with van der Waals surface area (Å²) in [7, 11) is 0. The molecule has 33 heavy (non-hydrogen) atoms. The summed E-state index contributed by atoms with van der Waals surface area (Å²) in [6.45, 7) is 4.83. The van der Waals surface area contributed by atoms with E-state index in [1.165, 1.54) is 12.1 Å². The largest absolute Gasteiger partial charge is 0.472 e. The number of aliphatic imine (C=N–C) groups is 1. The number of nitrogens with zero attached hydrogens (tertiary/aromatic N) is 3. The lowest BCUT2D eigenvalue weighted by molar-refractivity contribution is 0.0303. The van der Waals surface area contributed by atoms with Crippen LogP contribution in [0.2, 0.25) is 0 Å². The average Bonchev–Trinajstić information content (AvgIpc) is 2.82. The summed E-state index contributed by atoms with van der Waals surface area (Å²) in [5.41, 5.74) is 1.94. The molecule has 1 amide bonds. The van der Waals surface area contributed by atoms with Crippen molar-refractivity contribution in [2.24, 2.45) is 4.99 Å². The van der Waals surface area contributed by atoms with Gasteiger partial charge in [0.25, 0.3) is 5.91 Å². The number of amides is 1. The minimum Gasteiger partial charge on any atom is -0.472 e. The second kappa shape index (κ2) is 10.4. The van der Waals surface area contributed by atoms with Crippen molar-refractivity contribution in [1.29, 1.82) is 0 Å². The van der Waals surface area contributed by atoms with Gasteiger partial charge in [0.05, 0.1) is 17.7 Å². The van der Waals surface area contributed by atoms with E-state index in [2.05, 4.69) is 20.9 Å². The number of halogens is 3. The molecule has 1 unspecified atom stereocenters. The average molecular weight is 520 g/mol. The molecule has 0 aliphatic carbocycles. The third-order valence-corrected chi connectivity index (χ3v) is 6.06. The Hall–Kier alpha value is -2.78. The van der Waals surface area contributed by atoms with Gasteiger partial charge in [0.15, 0.2) is 0 Å². The molecule has 9 heteroatoms. The summed E-state index contributed by atoms with van der Waals surface area (Å²) in [4.78, 5) is 21.0. The third-order valence-electron chi connectivity index (χ3n) is 5.51. The summed E-state index contributed by atoms with van der Waals surface area (Å²) < 4.78 is 38.5. The van der Waals surface area contributed by atoms with E-state index in [1.54, 1.807) is 4.90 Å². The first-order chi connectivity index (χ1) is 15.9. The maximum absolute atomic E-state index is 13.8. The van der Waals surface area contributed by atoms with Gasteiger partial charge in [-0.15, -0.1) is 0 Å². The Morgan fingerprint density at radius 3 is 2.61 bits per heavy atom. The standard InChI is InChI=1S/C24H24BrF2N3O3/c1-16-28-23(33-15-19-6-7-20(26)12-22(19)27)21(25)14-30(16)13-17-2-4-18(5-3-17)24(31)29-8-10-32-11-9-29/h2-7,12,14,16H,8-11,13,15H2,1H3. The van der Waals surface area contributed by atoms with Gasteiger partial charge < -0.3 is 19.3 Å². The lowest BCUT2D eigenvalue weighted by Gasteiger charge is -2.30. The van der Waals surface area contributed by atoms with Crippen molar-refractivity contribution in [1.82, 2.24) is 9.80 Å². The van der Waals surface area contributed by atoms with Gasteiger partial charge in [-0.25, -0.2) is 13.8 Å². The van der Waals surface area contributed by atoms with Crippen molar-refractivity contribution in [3.8, 4) is 0 Å². The van der Waals surface area contributed by atoms with E-state index >= 15 is 0 Å². The lowest BCUT2D eigenvalue weighted by Crippen LogP contribution is -2.40. The zero-order valence-electron chi connectivity index (χ0n) is 18.1. The van der Waals surface area contributed by atoms with Gasteiger partial charge in [-0.05, 0) is 52.7 Å². The van der Waals surface area contributed by atoms with Crippen molar-refractivity contribution >= 4 is 27.7 Å². The number of benzene rings is 2. The van der Waals surface area contributed by atoms with Gasteiger partial charge >= 0.3 is 0 Å². The highest BCUT2D eigenvalue weighted by Gasteiger charge is 2.22. The van der Waals surface area contributed by atoms with Crippen molar-refractivity contribution in [3.05, 3.63) is 81.5 Å². The number of morpholine rings is 1. The van der Waals surface area contributed by atoms with Crippen LogP contribution in [0.1, 0.15) is 28.4 Å². The van der Waals surface area contributed by atoms with Crippen molar-refractivity contribution in [3.63, 3.8) is 0 Å². The normalized spacial score (nSPS) is 18.6. The minimum absolute atomic E-state index is 0.0165. The zero-order chi connectivity index (χ0) is 23.4. The summed E-state index contributed by atoms with van der Waals surface area (Å²) in [5, 5.41) is 0. The Balaban J connectivity index is 1.35. The molecule has 1 saturated heterocycles. The van der Waals surface area contributed by atoms with E-state index in [4.69, 9.17) is 9.47 Å². The second-order valence-electron chi connectivity index (χ2n) is 7.84. The van der Waals surface area contributed by atoms with Crippen LogP contribution >= 0.6 is 15.9 Å². The minimum atomic E-state index is -0.656. The van der Waals surface area contributed by atoms with E-state index in [9.17, 15) is 13.6 Å². The fourth-order valence-electron chi connectivity index (χ4n) is 3.60. The van der Waals surface area contributed by atoms with Crippen LogP contribution in [-0.4, -0.2) is 54.1 Å². The van der Waals surface area contributed by atoms with Crippen LogP contribution in [0, 0.1) is 11.6 Å². The molecule has 0 aromatic heterocycles. The van der Waals surface area contributed by atoms with Crippen LogP contribution in [0.4, 0.5) is 8.78 Å². The van der Waals surface area contributed by atoms with Crippen molar-refractivity contribution < 1.29 is 23.0 Å². The number of carbonyl (C=O) groups is 1. The zero-order valence-corrected chi connectivity index (χ0v) is 19.7. The van der Waals surface area contributed by atoms with Crippen molar-refractivity contribution in [2.75, 3.05) is 26.3 Å². The Kier molecular flexibility index (Phi) is 7.39. The monoisotopic (exact) mass is 519 g/mol. The fourth-order valence-corrected chi connectivity index (χ4v) is 4.08. The molecule has 6 nitrogen and oxygen atoms in total. The molecule has 0 bridgehead atoms. The molecule has 1 fully saturated rings. The SMILES string of the molecule is CC1N=C(OCc2ccc(F)cc2F)C(Br)=CN1Cc1ccc(C(=O)N2CCOCC2)cc1. The number of rotatable bonds is 5. The molecule has 0 N–H and O–H groups in total. The number of ether oxygens (including phenoxy) is 2. The summed E-state index contributed by atoms with van der Waals surface area (Å²) in [5.74, 6) is -0.913. The van der Waals surface area contributed by atoms with Gasteiger partial charge in [0, 0.05) is 43.0 Å². The Labute approximate surface area is 199 Å². The molecule has 4 rings (SSSR count). The molecular formula is C24H24BrF2N3O3. The van der Waals surface area contributed by atoms with E-state index < -0.39 is 11.6 Å². The van der Waals surface area contributed by atoms with Crippen LogP contribution in [0.25, 0.3) is 0 Å².